The first-order valence-corrected chi connectivity index (χ1v) is 8.16. The third-order valence-electron chi connectivity index (χ3n) is 3.37. The molecule has 1 heterocycles. The van der Waals surface area contributed by atoms with Gasteiger partial charge >= 0.3 is 0 Å². The van der Waals surface area contributed by atoms with Gasteiger partial charge in [0.25, 0.3) is 0 Å². The van der Waals surface area contributed by atoms with Crippen LogP contribution in [0.2, 0.25) is 0 Å². The molecule has 7 heteroatoms. The Morgan fingerprint density at radius 3 is 2.72 bits per heavy atom. The lowest BCUT2D eigenvalue weighted by Gasteiger charge is -2.10. The monoisotopic (exact) mass is 361 g/mol. The van der Waals surface area contributed by atoms with Crippen molar-refractivity contribution in [1.82, 2.24) is 10.2 Å². The summed E-state index contributed by atoms with van der Waals surface area (Å²) in [5.74, 6) is 8.16. The van der Waals surface area contributed by atoms with E-state index in [9.17, 15) is 0 Å². The van der Waals surface area contributed by atoms with Gasteiger partial charge in [-0.15, -0.1) is 10.2 Å². The summed E-state index contributed by atoms with van der Waals surface area (Å²) in [5.41, 5.74) is 2.41. The van der Waals surface area contributed by atoms with Crippen molar-refractivity contribution in [2.24, 2.45) is 5.16 Å². The van der Waals surface area contributed by atoms with Crippen molar-refractivity contribution in [3.05, 3.63) is 40.6 Å². The first-order chi connectivity index (χ1) is 12.0. The van der Waals surface area contributed by atoms with Crippen LogP contribution < -0.4 is 4.74 Å². The van der Waals surface area contributed by atoms with Crippen LogP contribution in [-0.2, 0) is 11.3 Å². The molecular formula is C18H20ClN3O3. The number of rotatable bonds is 6. The summed E-state index contributed by atoms with van der Waals surface area (Å²) < 4.78 is 10.7. The molecule has 0 spiro atoms. The minimum absolute atomic E-state index is 0.220. The number of unbranched alkanes of at least 4 members (excludes halogenated alkanes) is 1. The summed E-state index contributed by atoms with van der Waals surface area (Å²) in [6.07, 6.45) is 2.29. The highest BCUT2D eigenvalue weighted by molar-refractivity contribution is 6.69. The Labute approximate surface area is 152 Å². The topological polar surface area (TPSA) is 69.7 Å². The summed E-state index contributed by atoms with van der Waals surface area (Å²) in [6, 6.07) is 3.79. The second-order valence-corrected chi connectivity index (χ2v) is 5.67. The van der Waals surface area contributed by atoms with Gasteiger partial charge in [-0.2, -0.15) is 0 Å². The van der Waals surface area contributed by atoms with Crippen LogP contribution in [0.3, 0.4) is 0 Å². The molecule has 0 atom stereocenters. The number of ether oxygens (including phenoxy) is 1. The fourth-order valence-corrected chi connectivity index (χ4v) is 2.54. The molecule has 0 aliphatic rings. The minimum atomic E-state index is 0.220. The van der Waals surface area contributed by atoms with Gasteiger partial charge in [0.05, 0.1) is 12.7 Å². The van der Waals surface area contributed by atoms with Crippen LogP contribution in [0.1, 0.15) is 41.3 Å². The van der Waals surface area contributed by atoms with Crippen molar-refractivity contribution in [1.29, 1.82) is 0 Å². The maximum atomic E-state index is 6.16. The van der Waals surface area contributed by atoms with Crippen LogP contribution in [0.4, 0.5) is 0 Å². The number of oxime groups is 1. The summed E-state index contributed by atoms with van der Waals surface area (Å²) in [7, 11) is 3.03. The number of nitrogens with zero attached hydrogens (tertiary/aromatic N) is 3. The van der Waals surface area contributed by atoms with Gasteiger partial charge in [0.1, 0.15) is 12.9 Å². The fraction of sp³-hybridized carbons (Fsp3) is 0.389. The highest BCUT2D eigenvalue weighted by Crippen LogP contribution is 2.27. The van der Waals surface area contributed by atoms with E-state index in [-0.39, 0.29) is 5.17 Å². The summed E-state index contributed by atoms with van der Waals surface area (Å²) >= 11 is 6.16. The van der Waals surface area contributed by atoms with Crippen molar-refractivity contribution in [3.8, 4) is 17.6 Å². The molecule has 0 radical (unpaired) electrons. The molecule has 1 aromatic heterocycles. The van der Waals surface area contributed by atoms with Crippen molar-refractivity contribution in [3.63, 3.8) is 0 Å². The Bertz CT molecular complexity index is 819. The molecule has 0 aliphatic carbocycles. The molecule has 0 saturated heterocycles. The van der Waals surface area contributed by atoms with Crippen molar-refractivity contribution >= 4 is 16.8 Å². The van der Waals surface area contributed by atoms with E-state index in [1.165, 1.54) is 7.11 Å². The van der Waals surface area contributed by atoms with Gasteiger partial charge in [0.2, 0.25) is 11.8 Å². The zero-order chi connectivity index (χ0) is 18.2. The van der Waals surface area contributed by atoms with E-state index in [1.807, 2.05) is 19.1 Å². The van der Waals surface area contributed by atoms with Crippen LogP contribution in [0.25, 0.3) is 0 Å². The second-order valence-electron chi connectivity index (χ2n) is 5.31. The van der Waals surface area contributed by atoms with E-state index in [0.717, 1.165) is 24.0 Å². The van der Waals surface area contributed by atoms with Crippen LogP contribution in [-0.4, -0.2) is 29.6 Å². The normalized spacial score (nSPS) is 11.0. The van der Waals surface area contributed by atoms with E-state index >= 15 is 0 Å². The number of hydrogen-bond acceptors (Lipinski definition) is 6. The molecule has 0 unspecified atom stereocenters. The van der Waals surface area contributed by atoms with Crippen molar-refractivity contribution < 1.29 is 14.0 Å². The van der Waals surface area contributed by atoms with Gasteiger partial charge < -0.3 is 14.0 Å². The number of benzene rings is 1. The number of methoxy groups -OCH3 is 1. The van der Waals surface area contributed by atoms with E-state index in [0.29, 0.717) is 29.5 Å². The van der Waals surface area contributed by atoms with E-state index in [1.54, 1.807) is 14.0 Å². The maximum absolute atomic E-state index is 6.16. The predicted octanol–water partition coefficient (Wildman–Crippen LogP) is 3.62. The van der Waals surface area contributed by atoms with E-state index in [2.05, 4.69) is 27.2 Å². The van der Waals surface area contributed by atoms with Gasteiger partial charge in [-0.05, 0) is 31.0 Å². The lowest BCUT2D eigenvalue weighted by atomic mass is 10.0. The molecule has 0 bridgehead atoms. The Morgan fingerprint density at radius 2 is 2.08 bits per heavy atom. The molecule has 0 saturated carbocycles. The lowest BCUT2D eigenvalue weighted by molar-refractivity contribution is 0.214. The quantitative estimate of drug-likeness (QED) is 0.340. The Morgan fingerprint density at radius 1 is 1.28 bits per heavy atom. The van der Waals surface area contributed by atoms with E-state index < -0.39 is 0 Å². The first kappa shape index (κ1) is 18.8. The third-order valence-corrected chi connectivity index (χ3v) is 3.64. The Hall–Kier alpha value is -2.52. The number of halogens is 1. The molecule has 2 aromatic rings. The standard InChI is InChI=1S/C18H20ClN3O3/c1-12-10-14(11-15(17(12)23-3)18(19)22-24-4)8-6-5-7-9-16-21-20-13(2)25-16/h10-11H,5,7,9H2,1-4H3. The van der Waals surface area contributed by atoms with Crippen LogP contribution >= 0.6 is 11.6 Å². The SMILES string of the molecule is CON=C(Cl)c1cc(C#CCCCc2nnc(C)o2)cc(C)c1OC. The largest absolute Gasteiger partial charge is 0.496 e. The van der Waals surface area contributed by atoms with Crippen molar-refractivity contribution in [2.45, 2.75) is 33.1 Å². The minimum Gasteiger partial charge on any atom is -0.496 e. The smallest absolute Gasteiger partial charge is 0.216 e. The number of hydrogen-bond donors (Lipinski definition) is 0. The lowest BCUT2D eigenvalue weighted by Crippen LogP contribution is -2.00. The average Bonchev–Trinajstić information content (AvgIpc) is 2.99. The molecule has 0 aliphatic heterocycles. The summed E-state index contributed by atoms with van der Waals surface area (Å²) in [5, 5.41) is 11.7. The summed E-state index contributed by atoms with van der Waals surface area (Å²) in [6.45, 7) is 3.71. The zero-order valence-corrected chi connectivity index (χ0v) is 15.5. The molecule has 0 fully saturated rings. The van der Waals surface area contributed by atoms with Crippen molar-refractivity contribution in [2.75, 3.05) is 14.2 Å². The molecule has 0 N–H and O–H groups in total. The number of aryl methyl sites for hydroxylation is 3. The number of aromatic nitrogens is 2. The second kappa shape index (κ2) is 9.09. The predicted molar refractivity (Wildman–Crippen MR) is 96.0 cm³/mol. The third kappa shape index (κ3) is 5.23. The highest BCUT2D eigenvalue weighted by atomic mass is 35.5. The average molecular weight is 362 g/mol. The fourth-order valence-electron chi connectivity index (χ4n) is 2.33. The Kier molecular flexibility index (Phi) is 6.84. The van der Waals surface area contributed by atoms with Crippen LogP contribution in [0.15, 0.2) is 21.7 Å². The van der Waals surface area contributed by atoms with Gasteiger partial charge in [-0.1, -0.05) is 28.6 Å². The molecule has 132 valence electrons. The molecule has 6 nitrogen and oxygen atoms in total. The Balaban J connectivity index is 2.08. The molecular weight excluding hydrogens is 342 g/mol. The van der Waals surface area contributed by atoms with Gasteiger partial charge in [0.15, 0.2) is 5.17 Å². The van der Waals surface area contributed by atoms with Gasteiger partial charge in [0, 0.05) is 25.3 Å². The molecule has 2 rings (SSSR count). The van der Waals surface area contributed by atoms with Crippen LogP contribution in [0.5, 0.6) is 5.75 Å². The molecule has 0 amide bonds. The van der Waals surface area contributed by atoms with Gasteiger partial charge in [-0.25, -0.2) is 0 Å². The summed E-state index contributed by atoms with van der Waals surface area (Å²) in [4.78, 5) is 4.74. The maximum Gasteiger partial charge on any atom is 0.216 e. The van der Waals surface area contributed by atoms with E-state index in [4.69, 9.17) is 25.6 Å². The van der Waals surface area contributed by atoms with Gasteiger partial charge in [-0.3, -0.25) is 0 Å². The van der Waals surface area contributed by atoms with Crippen LogP contribution in [0, 0.1) is 25.7 Å². The molecule has 25 heavy (non-hydrogen) atoms. The first-order valence-electron chi connectivity index (χ1n) is 7.78. The molecule has 1 aromatic carbocycles. The zero-order valence-electron chi connectivity index (χ0n) is 14.7. The highest BCUT2D eigenvalue weighted by Gasteiger charge is 2.13.